The molecule has 0 amide bonds. The molecule has 1 aliphatic heterocycles. The molecule has 2 atom stereocenters. The van der Waals surface area contributed by atoms with Crippen molar-refractivity contribution in [1.29, 1.82) is 0 Å². The SMILES string of the molecule is CC.OC(c1cc(-c2ccc(Cl)cc2)nc2ccccc12)C1CCCCN1. The molecule has 2 aromatic carbocycles. The number of nitrogens with zero attached hydrogens (tertiary/aromatic N) is 1. The number of hydrogen-bond donors (Lipinski definition) is 2. The van der Waals surface area contributed by atoms with Crippen molar-refractivity contribution in [3.63, 3.8) is 0 Å². The van der Waals surface area contributed by atoms with Crippen LogP contribution in [0.15, 0.2) is 54.6 Å². The molecule has 0 aliphatic carbocycles. The fraction of sp³-hybridized carbons (Fsp3) is 0.348. The maximum atomic E-state index is 11.0. The monoisotopic (exact) mass is 382 g/mol. The van der Waals surface area contributed by atoms with E-state index in [2.05, 4.69) is 5.32 Å². The zero-order valence-electron chi connectivity index (χ0n) is 16.0. The molecule has 3 aromatic rings. The first kappa shape index (κ1) is 19.8. The van der Waals surface area contributed by atoms with E-state index in [9.17, 15) is 5.11 Å². The van der Waals surface area contributed by atoms with Gasteiger partial charge in [0.05, 0.1) is 17.3 Å². The molecule has 0 spiro atoms. The van der Waals surface area contributed by atoms with Gasteiger partial charge in [0, 0.05) is 22.0 Å². The molecule has 1 aromatic heterocycles. The molecule has 4 heteroatoms. The average molecular weight is 383 g/mol. The minimum atomic E-state index is -0.542. The third-order valence-corrected chi connectivity index (χ3v) is 5.19. The Bertz CT molecular complexity index is 873. The lowest BCUT2D eigenvalue weighted by Crippen LogP contribution is -2.38. The van der Waals surface area contributed by atoms with Crippen LogP contribution in [0.5, 0.6) is 0 Å². The normalized spacial score (nSPS) is 17.9. The van der Waals surface area contributed by atoms with Gasteiger partial charge in [-0.05, 0) is 49.2 Å². The number of fused-ring (bicyclic) bond motifs is 1. The molecule has 1 fully saturated rings. The van der Waals surface area contributed by atoms with Crippen LogP contribution in [-0.4, -0.2) is 22.7 Å². The highest BCUT2D eigenvalue weighted by molar-refractivity contribution is 6.30. The summed E-state index contributed by atoms with van der Waals surface area (Å²) < 4.78 is 0. The van der Waals surface area contributed by atoms with E-state index in [1.807, 2.05) is 68.4 Å². The quantitative estimate of drug-likeness (QED) is 0.605. The third kappa shape index (κ3) is 4.49. The van der Waals surface area contributed by atoms with Crippen molar-refractivity contribution in [2.75, 3.05) is 6.54 Å². The maximum Gasteiger partial charge on any atom is 0.0950 e. The van der Waals surface area contributed by atoms with Gasteiger partial charge in [0.25, 0.3) is 0 Å². The van der Waals surface area contributed by atoms with Crippen molar-refractivity contribution in [1.82, 2.24) is 10.3 Å². The Hall–Kier alpha value is -1.94. The predicted molar refractivity (Wildman–Crippen MR) is 114 cm³/mol. The highest BCUT2D eigenvalue weighted by atomic mass is 35.5. The Kier molecular flexibility index (Phi) is 6.84. The Morgan fingerprint density at radius 3 is 2.52 bits per heavy atom. The lowest BCUT2D eigenvalue weighted by atomic mass is 9.92. The van der Waals surface area contributed by atoms with E-state index in [4.69, 9.17) is 16.6 Å². The number of aliphatic hydroxyl groups excluding tert-OH is 1. The molecule has 2 heterocycles. The van der Waals surface area contributed by atoms with Gasteiger partial charge in [-0.2, -0.15) is 0 Å². The second-order valence-electron chi connectivity index (χ2n) is 6.62. The summed E-state index contributed by atoms with van der Waals surface area (Å²) in [6.45, 7) is 4.97. The van der Waals surface area contributed by atoms with E-state index in [1.165, 1.54) is 6.42 Å². The first-order valence-electron chi connectivity index (χ1n) is 9.79. The predicted octanol–water partition coefficient (Wildman–Crippen LogP) is 5.76. The molecule has 2 N–H and O–H groups in total. The fourth-order valence-electron chi connectivity index (χ4n) is 3.58. The minimum Gasteiger partial charge on any atom is -0.387 e. The minimum absolute atomic E-state index is 0.0950. The summed E-state index contributed by atoms with van der Waals surface area (Å²) in [4.78, 5) is 4.79. The molecule has 142 valence electrons. The van der Waals surface area contributed by atoms with Gasteiger partial charge in [-0.3, -0.25) is 0 Å². The van der Waals surface area contributed by atoms with E-state index in [-0.39, 0.29) is 6.04 Å². The van der Waals surface area contributed by atoms with Crippen LogP contribution >= 0.6 is 11.6 Å². The zero-order chi connectivity index (χ0) is 19.2. The van der Waals surface area contributed by atoms with E-state index >= 15 is 0 Å². The first-order valence-corrected chi connectivity index (χ1v) is 10.2. The molecular weight excluding hydrogens is 356 g/mol. The number of pyridine rings is 1. The summed E-state index contributed by atoms with van der Waals surface area (Å²) in [5, 5.41) is 16.2. The average Bonchev–Trinajstić information content (AvgIpc) is 2.75. The Morgan fingerprint density at radius 1 is 1.07 bits per heavy atom. The van der Waals surface area contributed by atoms with Crippen molar-refractivity contribution in [2.45, 2.75) is 45.3 Å². The van der Waals surface area contributed by atoms with Crippen molar-refractivity contribution in [3.05, 3.63) is 65.2 Å². The van der Waals surface area contributed by atoms with Gasteiger partial charge < -0.3 is 10.4 Å². The van der Waals surface area contributed by atoms with Crippen molar-refractivity contribution in [3.8, 4) is 11.3 Å². The van der Waals surface area contributed by atoms with Gasteiger partial charge in [-0.1, -0.05) is 62.2 Å². The summed E-state index contributed by atoms with van der Waals surface area (Å²) in [7, 11) is 0. The van der Waals surface area contributed by atoms with Gasteiger partial charge in [0.15, 0.2) is 0 Å². The number of piperidine rings is 1. The molecule has 1 aliphatic rings. The fourth-order valence-corrected chi connectivity index (χ4v) is 3.71. The molecule has 0 bridgehead atoms. The van der Waals surface area contributed by atoms with Crippen LogP contribution in [0.2, 0.25) is 5.02 Å². The zero-order valence-corrected chi connectivity index (χ0v) is 16.7. The molecule has 1 saturated heterocycles. The van der Waals surface area contributed by atoms with Gasteiger partial charge >= 0.3 is 0 Å². The van der Waals surface area contributed by atoms with Crippen molar-refractivity contribution < 1.29 is 5.11 Å². The number of aromatic nitrogens is 1. The number of para-hydroxylation sites is 1. The smallest absolute Gasteiger partial charge is 0.0950 e. The number of benzene rings is 2. The summed E-state index contributed by atoms with van der Waals surface area (Å²) in [6, 6.07) is 17.8. The summed E-state index contributed by atoms with van der Waals surface area (Å²) >= 11 is 6.01. The number of aliphatic hydroxyl groups is 1. The lowest BCUT2D eigenvalue weighted by molar-refractivity contribution is 0.115. The van der Waals surface area contributed by atoms with Crippen LogP contribution in [0.1, 0.15) is 44.8 Å². The number of hydrogen-bond acceptors (Lipinski definition) is 3. The number of halogens is 1. The van der Waals surface area contributed by atoms with Crippen LogP contribution in [0.4, 0.5) is 0 Å². The maximum absolute atomic E-state index is 11.0. The van der Waals surface area contributed by atoms with E-state index in [0.29, 0.717) is 5.02 Å². The largest absolute Gasteiger partial charge is 0.387 e. The van der Waals surface area contributed by atoms with Crippen LogP contribution in [0.3, 0.4) is 0 Å². The van der Waals surface area contributed by atoms with E-state index < -0.39 is 6.10 Å². The van der Waals surface area contributed by atoms with E-state index in [0.717, 1.165) is 47.1 Å². The molecular formula is C23H27ClN2O. The second kappa shape index (κ2) is 9.32. The lowest BCUT2D eigenvalue weighted by Gasteiger charge is -2.29. The van der Waals surface area contributed by atoms with Crippen LogP contribution < -0.4 is 5.32 Å². The second-order valence-corrected chi connectivity index (χ2v) is 7.06. The van der Waals surface area contributed by atoms with Gasteiger partial charge in [0.1, 0.15) is 0 Å². The molecule has 0 saturated carbocycles. The van der Waals surface area contributed by atoms with Crippen LogP contribution in [-0.2, 0) is 0 Å². The Morgan fingerprint density at radius 2 is 1.81 bits per heavy atom. The van der Waals surface area contributed by atoms with Crippen LogP contribution in [0.25, 0.3) is 22.2 Å². The summed E-state index contributed by atoms with van der Waals surface area (Å²) in [5.74, 6) is 0. The molecule has 27 heavy (non-hydrogen) atoms. The topological polar surface area (TPSA) is 45.2 Å². The standard InChI is InChI=1S/C21H21ClN2O.C2H6/c22-15-10-8-14(9-11-15)20-13-17(16-5-1-2-6-18(16)24-20)21(25)19-7-3-4-12-23-19;1-2/h1-2,5-6,8-11,13,19,21,23,25H,3-4,7,12H2;1-2H3. The molecule has 3 nitrogen and oxygen atoms in total. The van der Waals surface area contributed by atoms with Crippen molar-refractivity contribution >= 4 is 22.5 Å². The highest BCUT2D eigenvalue weighted by Crippen LogP contribution is 2.32. The molecule has 2 unspecified atom stereocenters. The summed E-state index contributed by atoms with van der Waals surface area (Å²) in [5.41, 5.74) is 3.70. The van der Waals surface area contributed by atoms with Gasteiger partial charge in [0.2, 0.25) is 0 Å². The van der Waals surface area contributed by atoms with Gasteiger partial charge in [-0.25, -0.2) is 4.98 Å². The van der Waals surface area contributed by atoms with Crippen LogP contribution in [0, 0.1) is 0 Å². The first-order chi connectivity index (χ1) is 13.2. The molecule has 4 rings (SSSR count). The summed E-state index contributed by atoms with van der Waals surface area (Å²) in [6.07, 6.45) is 2.78. The van der Waals surface area contributed by atoms with E-state index in [1.54, 1.807) is 0 Å². The molecule has 0 radical (unpaired) electrons. The van der Waals surface area contributed by atoms with Gasteiger partial charge in [-0.15, -0.1) is 0 Å². The number of rotatable bonds is 3. The third-order valence-electron chi connectivity index (χ3n) is 4.94. The Labute approximate surface area is 166 Å². The van der Waals surface area contributed by atoms with Crippen molar-refractivity contribution in [2.24, 2.45) is 0 Å². The Balaban J connectivity index is 0.00000102. The highest BCUT2D eigenvalue weighted by Gasteiger charge is 2.25. The number of nitrogens with one attached hydrogen (secondary N) is 1.